The number of hydrogen-bond acceptors (Lipinski definition) is 6. The molecule has 1 unspecified atom stereocenters. The summed E-state index contributed by atoms with van der Waals surface area (Å²) in [5, 5.41) is 12.1. The summed E-state index contributed by atoms with van der Waals surface area (Å²) in [6.07, 6.45) is 2.22. The van der Waals surface area contributed by atoms with E-state index >= 15 is 0 Å². The molecular formula is C26H23N5O2S. The Kier molecular flexibility index (Phi) is 4.84. The first-order valence-corrected chi connectivity index (χ1v) is 12.2. The predicted octanol–water partition coefficient (Wildman–Crippen LogP) is 5.31. The van der Waals surface area contributed by atoms with Crippen LogP contribution in [0.4, 0.5) is 11.5 Å². The van der Waals surface area contributed by atoms with Crippen LogP contribution in [0.3, 0.4) is 0 Å². The van der Waals surface area contributed by atoms with Crippen LogP contribution in [0.15, 0.2) is 59.8 Å². The van der Waals surface area contributed by atoms with Gasteiger partial charge in [-0.1, -0.05) is 35.6 Å². The monoisotopic (exact) mass is 469 g/mol. The van der Waals surface area contributed by atoms with Crippen molar-refractivity contribution in [1.29, 1.82) is 0 Å². The first-order valence-electron chi connectivity index (χ1n) is 11.4. The van der Waals surface area contributed by atoms with Gasteiger partial charge in [0.15, 0.2) is 5.78 Å². The van der Waals surface area contributed by atoms with Gasteiger partial charge in [-0.3, -0.25) is 9.59 Å². The van der Waals surface area contributed by atoms with Crippen molar-refractivity contribution in [2.45, 2.75) is 39.0 Å². The van der Waals surface area contributed by atoms with Crippen LogP contribution in [0, 0.1) is 6.92 Å². The van der Waals surface area contributed by atoms with Crippen LogP contribution in [0.1, 0.15) is 48.9 Å². The molecule has 4 aromatic rings. The van der Waals surface area contributed by atoms with E-state index < -0.39 is 0 Å². The van der Waals surface area contributed by atoms with Gasteiger partial charge in [0, 0.05) is 41.8 Å². The van der Waals surface area contributed by atoms with Gasteiger partial charge in [-0.15, -0.1) is 0 Å². The van der Waals surface area contributed by atoms with Gasteiger partial charge >= 0.3 is 0 Å². The van der Waals surface area contributed by atoms with E-state index in [1.807, 2.05) is 54.1 Å². The van der Waals surface area contributed by atoms with Crippen molar-refractivity contribution in [1.82, 2.24) is 14.8 Å². The van der Waals surface area contributed by atoms with Crippen molar-refractivity contribution in [3.8, 4) is 5.13 Å². The van der Waals surface area contributed by atoms with Crippen LogP contribution in [0.25, 0.3) is 15.3 Å². The lowest BCUT2D eigenvalue weighted by Gasteiger charge is -2.32. The summed E-state index contributed by atoms with van der Waals surface area (Å²) >= 11 is 1.60. The highest BCUT2D eigenvalue weighted by atomic mass is 32.1. The molecule has 1 amide bonds. The van der Waals surface area contributed by atoms with Crippen LogP contribution < -0.4 is 10.6 Å². The van der Waals surface area contributed by atoms with Gasteiger partial charge in [-0.25, -0.2) is 4.98 Å². The molecule has 2 aliphatic rings. The number of rotatable bonds is 3. The Hall–Kier alpha value is -3.78. The molecule has 6 rings (SSSR count). The topological polar surface area (TPSA) is 88.9 Å². The van der Waals surface area contributed by atoms with E-state index in [2.05, 4.69) is 16.7 Å². The Balaban J connectivity index is 1.52. The van der Waals surface area contributed by atoms with Gasteiger partial charge in [0.2, 0.25) is 11.0 Å². The molecule has 0 saturated heterocycles. The molecule has 0 saturated carbocycles. The molecule has 3 heterocycles. The third-order valence-corrected chi connectivity index (χ3v) is 7.45. The minimum Gasteiger partial charge on any atom is -0.343 e. The zero-order valence-electron chi connectivity index (χ0n) is 18.9. The summed E-state index contributed by atoms with van der Waals surface area (Å²) in [5.41, 5.74) is 6.35. The van der Waals surface area contributed by atoms with E-state index in [9.17, 15) is 9.59 Å². The lowest BCUT2D eigenvalue weighted by Crippen LogP contribution is -2.27. The summed E-state index contributed by atoms with van der Waals surface area (Å²) in [7, 11) is 0. The Morgan fingerprint density at radius 1 is 1.15 bits per heavy atom. The molecular weight excluding hydrogens is 446 g/mol. The molecule has 2 aromatic heterocycles. The van der Waals surface area contributed by atoms with Gasteiger partial charge in [-0.05, 0) is 49.6 Å². The lowest BCUT2D eigenvalue weighted by atomic mass is 9.76. The SMILES string of the molecule is CC(=O)Nc1ccc(C2C3=C(CCCC3=O)Nc3c2c(C)nn3-c2nc3ccccc3s2)cc1. The van der Waals surface area contributed by atoms with E-state index in [0.29, 0.717) is 6.42 Å². The van der Waals surface area contributed by atoms with Crippen molar-refractivity contribution in [3.63, 3.8) is 0 Å². The van der Waals surface area contributed by atoms with Crippen LogP contribution >= 0.6 is 11.3 Å². The molecule has 1 aliphatic carbocycles. The maximum absolute atomic E-state index is 13.1. The minimum absolute atomic E-state index is 0.114. The maximum atomic E-state index is 13.1. The highest BCUT2D eigenvalue weighted by Gasteiger charge is 2.39. The van der Waals surface area contributed by atoms with Gasteiger partial charge in [-0.2, -0.15) is 9.78 Å². The number of carbonyl (C=O) groups is 2. The number of aromatic nitrogens is 3. The number of anilines is 2. The second-order valence-electron chi connectivity index (χ2n) is 8.75. The number of hydrogen-bond donors (Lipinski definition) is 2. The van der Waals surface area contributed by atoms with Gasteiger partial charge in [0.05, 0.1) is 15.9 Å². The molecule has 8 heteroatoms. The fourth-order valence-electron chi connectivity index (χ4n) is 5.01. The van der Waals surface area contributed by atoms with Crippen LogP contribution in [0.2, 0.25) is 0 Å². The second-order valence-corrected chi connectivity index (χ2v) is 9.76. The van der Waals surface area contributed by atoms with E-state index in [1.165, 1.54) is 6.92 Å². The zero-order valence-corrected chi connectivity index (χ0v) is 19.7. The molecule has 1 atom stereocenters. The number of Topliss-reactive ketones (excluding diaryl/α,β-unsaturated/α-hetero) is 1. The van der Waals surface area contributed by atoms with Crippen LogP contribution in [-0.4, -0.2) is 26.5 Å². The molecule has 2 aromatic carbocycles. The van der Waals surface area contributed by atoms with Crippen LogP contribution in [-0.2, 0) is 9.59 Å². The largest absolute Gasteiger partial charge is 0.343 e. The standard InChI is InChI=1S/C26H23N5O2S/c1-14-22-23(16-10-12-17(13-11-16)27-15(2)32)24-19(7-5-8-20(24)33)28-25(22)31(30-14)26-29-18-6-3-4-9-21(18)34-26/h3-4,6,9-13,23,28H,5,7-8H2,1-2H3,(H,27,32). The molecule has 34 heavy (non-hydrogen) atoms. The summed E-state index contributed by atoms with van der Waals surface area (Å²) in [6.45, 7) is 3.48. The van der Waals surface area contributed by atoms with E-state index in [-0.39, 0.29) is 17.6 Å². The summed E-state index contributed by atoms with van der Waals surface area (Å²) in [5.74, 6) is 0.731. The quantitative estimate of drug-likeness (QED) is 0.424. The normalized spacial score (nSPS) is 17.4. The number of para-hydroxylation sites is 1. The molecule has 7 nitrogen and oxygen atoms in total. The average molecular weight is 470 g/mol. The third kappa shape index (κ3) is 3.33. The fraction of sp³-hybridized carbons (Fsp3) is 0.231. The Morgan fingerprint density at radius 3 is 2.71 bits per heavy atom. The summed E-state index contributed by atoms with van der Waals surface area (Å²) < 4.78 is 2.99. The highest BCUT2D eigenvalue weighted by molar-refractivity contribution is 7.20. The minimum atomic E-state index is -0.214. The highest BCUT2D eigenvalue weighted by Crippen LogP contribution is 2.47. The van der Waals surface area contributed by atoms with Crippen LogP contribution in [0.5, 0.6) is 0 Å². The first kappa shape index (κ1) is 20.8. The zero-order chi connectivity index (χ0) is 23.4. The molecule has 1 aliphatic heterocycles. The number of nitrogens with one attached hydrogen (secondary N) is 2. The molecule has 0 bridgehead atoms. The van der Waals surface area contributed by atoms with E-state index in [4.69, 9.17) is 10.1 Å². The number of aryl methyl sites for hydroxylation is 1. The smallest absolute Gasteiger partial charge is 0.221 e. The van der Waals surface area contributed by atoms with E-state index in [1.54, 1.807) is 11.3 Å². The number of nitrogens with zero attached hydrogens (tertiary/aromatic N) is 3. The summed E-state index contributed by atoms with van der Waals surface area (Å²) in [6, 6.07) is 15.8. The second kappa shape index (κ2) is 7.92. The average Bonchev–Trinajstić information content (AvgIpc) is 3.39. The Morgan fingerprint density at radius 2 is 1.94 bits per heavy atom. The van der Waals surface area contributed by atoms with Gasteiger partial charge in [0.25, 0.3) is 0 Å². The number of benzene rings is 2. The fourth-order valence-corrected chi connectivity index (χ4v) is 5.93. The van der Waals surface area contributed by atoms with Gasteiger partial charge < -0.3 is 10.6 Å². The van der Waals surface area contributed by atoms with Gasteiger partial charge in [0.1, 0.15) is 5.82 Å². The number of thiazole rings is 1. The number of fused-ring (bicyclic) bond motifs is 2. The number of ketones is 1. The Bertz CT molecular complexity index is 1460. The number of allylic oxidation sites excluding steroid dienone is 2. The van der Waals surface area contributed by atoms with Crippen molar-refractivity contribution in [3.05, 3.63) is 76.6 Å². The van der Waals surface area contributed by atoms with Crippen molar-refractivity contribution < 1.29 is 9.59 Å². The molecule has 0 radical (unpaired) electrons. The molecule has 170 valence electrons. The summed E-state index contributed by atoms with van der Waals surface area (Å²) in [4.78, 5) is 29.4. The molecule has 2 N–H and O–H groups in total. The number of carbonyl (C=O) groups excluding carboxylic acids is 2. The Labute approximate surface area is 200 Å². The molecule has 0 spiro atoms. The molecule has 0 fully saturated rings. The van der Waals surface area contributed by atoms with E-state index in [0.717, 1.165) is 67.8 Å². The van der Waals surface area contributed by atoms with Crippen molar-refractivity contribution >= 4 is 44.7 Å². The number of amides is 1. The van der Waals surface area contributed by atoms with Crippen molar-refractivity contribution in [2.75, 3.05) is 10.6 Å². The third-order valence-electron chi connectivity index (χ3n) is 6.44. The van der Waals surface area contributed by atoms with Crippen molar-refractivity contribution in [2.24, 2.45) is 0 Å². The predicted molar refractivity (Wildman–Crippen MR) is 134 cm³/mol. The maximum Gasteiger partial charge on any atom is 0.221 e. The lowest BCUT2D eigenvalue weighted by molar-refractivity contribution is -0.116. The first-order chi connectivity index (χ1) is 16.5.